The summed E-state index contributed by atoms with van der Waals surface area (Å²) in [5.41, 5.74) is 2.72. The second-order valence-corrected chi connectivity index (χ2v) is 6.20. The summed E-state index contributed by atoms with van der Waals surface area (Å²) in [5, 5.41) is 13.3. The molecule has 0 aliphatic carbocycles. The van der Waals surface area contributed by atoms with Crippen LogP contribution in [0.5, 0.6) is 0 Å². The molecule has 21 heavy (non-hydrogen) atoms. The standard InChI is InChI=1S/C17H19BrFNO/c1-11(2)12-3-5-13(6-4-12)17(21)10-20-16-9-14(19)7-8-15(16)18/h3-9,11,17,20-21H,10H2,1-2H3. The van der Waals surface area contributed by atoms with Crippen molar-refractivity contribution in [3.63, 3.8) is 0 Å². The molecule has 4 heteroatoms. The minimum absolute atomic E-state index is 0.309. The Morgan fingerprint density at radius 2 is 1.71 bits per heavy atom. The van der Waals surface area contributed by atoms with Crippen LogP contribution in [0, 0.1) is 5.82 Å². The summed E-state index contributed by atoms with van der Waals surface area (Å²) < 4.78 is 14.0. The van der Waals surface area contributed by atoms with E-state index in [0.29, 0.717) is 18.2 Å². The van der Waals surface area contributed by atoms with Gasteiger partial charge in [0.05, 0.1) is 11.8 Å². The molecule has 0 bridgehead atoms. The van der Waals surface area contributed by atoms with Crippen molar-refractivity contribution < 1.29 is 9.50 Å². The van der Waals surface area contributed by atoms with Crippen LogP contribution in [0.15, 0.2) is 46.9 Å². The molecule has 0 spiro atoms. The Balaban J connectivity index is 2.01. The average Bonchev–Trinajstić information content (AvgIpc) is 2.48. The maximum Gasteiger partial charge on any atom is 0.125 e. The topological polar surface area (TPSA) is 32.3 Å². The van der Waals surface area contributed by atoms with E-state index >= 15 is 0 Å². The van der Waals surface area contributed by atoms with Crippen molar-refractivity contribution >= 4 is 21.6 Å². The van der Waals surface area contributed by atoms with Gasteiger partial charge in [0, 0.05) is 11.0 Å². The Morgan fingerprint density at radius 3 is 2.33 bits per heavy atom. The Bertz CT molecular complexity index is 598. The van der Waals surface area contributed by atoms with E-state index in [9.17, 15) is 9.50 Å². The first kappa shape index (κ1) is 16.0. The van der Waals surface area contributed by atoms with Gasteiger partial charge < -0.3 is 10.4 Å². The summed E-state index contributed by atoms with van der Waals surface area (Å²) in [5.74, 6) is 0.161. The second kappa shape index (κ2) is 7.05. The first-order chi connectivity index (χ1) is 9.97. The smallest absolute Gasteiger partial charge is 0.125 e. The zero-order valence-corrected chi connectivity index (χ0v) is 13.7. The Hall–Kier alpha value is -1.39. The number of halogens is 2. The van der Waals surface area contributed by atoms with Gasteiger partial charge in [0.25, 0.3) is 0 Å². The van der Waals surface area contributed by atoms with E-state index in [4.69, 9.17) is 0 Å². The highest BCUT2D eigenvalue weighted by atomic mass is 79.9. The van der Waals surface area contributed by atoms with Gasteiger partial charge in [0.15, 0.2) is 0 Å². The van der Waals surface area contributed by atoms with Crippen LogP contribution < -0.4 is 5.32 Å². The fourth-order valence-electron chi connectivity index (χ4n) is 2.06. The van der Waals surface area contributed by atoms with Crippen LogP contribution in [0.1, 0.15) is 37.0 Å². The molecule has 1 atom stereocenters. The number of hydrogen-bond donors (Lipinski definition) is 2. The molecule has 2 nitrogen and oxygen atoms in total. The van der Waals surface area contributed by atoms with Gasteiger partial charge in [-0.05, 0) is 51.2 Å². The molecule has 0 aliphatic heterocycles. The van der Waals surface area contributed by atoms with Crippen LogP contribution in [-0.4, -0.2) is 11.7 Å². The lowest BCUT2D eigenvalue weighted by Crippen LogP contribution is -2.12. The SMILES string of the molecule is CC(C)c1ccc(C(O)CNc2cc(F)ccc2Br)cc1. The molecule has 2 N–H and O–H groups in total. The van der Waals surface area contributed by atoms with E-state index in [0.717, 1.165) is 10.0 Å². The molecule has 2 aromatic carbocycles. The van der Waals surface area contributed by atoms with Crippen LogP contribution >= 0.6 is 15.9 Å². The molecule has 0 fully saturated rings. The van der Waals surface area contributed by atoms with Gasteiger partial charge in [-0.2, -0.15) is 0 Å². The maximum atomic E-state index is 13.2. The van der Waals surface area contributed by atoms with Crippen LogP contribution in [0.2, 0.25) is 0 Å². The van der Waals surface area contributed by atoms with Crippen molar-refractivity contribution in [2.75, 3.05) is 11.9 Å². The summed E-state index contributed by atoms with van der Waals surface area (Å²) in [7, 11) is 0. The first-order valence-electron chi connectivity index (χ1n) is 6.94. The minimum Gasteiger partial charge on any atom is -0.387 e. The molecule has 2 aromatic rings. The molecule has 0 aliphatic rings. The van der Waals surface area contributed by atoms with Gasteiger partial charge >= 0.3 is 0 Å². The Labute approximate surface area is 133 Å². The fourth-order valence-corrected chi connectivity index (χ4v) is 2.45. The van der Waals surface area contributed by atoms with E-state index in [1.807, 2.05) is 24.3 Å². The average molecular weight is 352 g/mol. The largest absolute Gasteiger partial charge is 0.387 e. The number of hydrogen-bond acceptors (Lipinski definition) is 2. The molecule has 2 rings (SSSR count). The van der Waals surface area contributed by atoms with Gasteiger partial charge in [-0.3, -0.25) is 0 Å². The van der Waals surface area contributed by atoms with Crippen molar-refractivity contribution in [2.24, 2.45) is 0 Å². The van der Waals surface area contributed by atoms with Gasteiger partial charge in [-0.25, -0.2) is 4.39 Å². The molecule has 0 saturated heterocycles. The summed E-state index contributed by atoms with van der Waals surface area (Å²) in [4.78, 5) is 0. The Morgan fingerprint density at radius 1 is 1.10 bits per heavy atom. The van der Waals surface area contributed by atoms with E-state index in [1.165, 1.54) is 17.7 Å². The lowest BCUT2D eigenvalue weighted by atomic mass is 10.00. The lowest BCUT2D eigenvalue weighted by Gasteiger charge is -2.15. The third-order valence-electron chi connectivity index (χ3n) is 3.40. The molecule has 0 radical (unpaired) electrons. The van der Waals surface area contributed by atoms with Crippen LogP contribution in [0.3, 0.4) is 0 Å². The van der Waals surface area contributed by atoms with Crippen molar-refractivity contribution in [1.29, 1.82) is 0 Å². The van der Waals surface area contributed by atoms with Gasteiger partial charge in [0.1, 0.15) is 5.82 Å². The number of rotatable bonds is 5. The zero-order valence-electron chi connectivity index (χ0n) is 12.1. The molecule has 0 heterocycles. The third-order valence-corrected chi connectivity index (χ3v) is 4.09. The predicted molar refractivity (Wildman–Crippen MR) is 88.1 cm³/mol. The monoisotopic (exact) mass is 351 g/mol. The van der Waals surface area contributed by atoms with Crippen LogP contribution in [0.4, 0.5) is 10.1 Å². The summed E-state index contributed by atoms with van der Waals surface area (Å²) in [6.07, 6.45) is -0.638. The van der Waals surface area contributed by atoms with E-state index in [2.05, 4.69) is 35.1 Å². The second-order valence-electron chi connectivity index (χ2n) is 5.34. The van der Waals surface area contributed by atoms with Crippen LogP contribution in [-0.2, 0) is 0 Å². The molecular formula is C17H19BrFNO. The third kappa shape index (κ3) is 4.29. The van der Waals surface area contributed by atoms with Crippen LogP contribution in [0.25, 0.3) is 0 Å². The number of nitrogens with one attached hydrogen (secondary N) is 1. The quantitative estimate of drug-likeness (QED) is 0.806. The lowest BCUT2D eigenvalue weighted by molar-refractivity contribution is 0.191. The summed E-state index contributed by atoms with van der Waals surface area (Å²) >= 11 is 3.35. The molecular weight excluding hydrogens is 333 g/mol. The summed E-state index contributed by atoms with van der Waals surface area (Å²) in [6, 6.07) is 12.4. The van der Waals surface area contributed by atoms with Gasteiger partial charge in [0.2, 0.25) is 0 Å². The number of aliphatic hydroxyl groups is 1. The highest BCUT2D eigenvalue weighted by Gasteiger charge is 2.09. The maximum absolute atomic E-state index is 13.2. The normalized spacial score (nSPS) is 12.5. The number of aliphatic hydroxyl groups excluding tert-OH is 1. The van der Waals surface area contributed by atoms with E-state index < -0.39 is 6.10 Å². The highest BCUT2D eigenvalue weighted by molar-refractivity contribution is 9.10. The van der Waals surface area contributed by atoms with Gasteiger partial charge in [-0.15, -0.1) is 0 Å². The van der Waals surface area contributed by atoms with E-state index in [-0.39, 0.29) is 5.82 Å². The van der Waals surface area contributed by atoms with Gasteiger partial charge in [-0.1, -0.05) is 38.1 Å². The predicted octanol–water partition coefficient (Wildman–Crippen LogP) is 4.86. The number of anilines is 1. The zero-order chi connectivity index (χ0) is 15.4. The molecule has 1 unspecified atom stereocenters. The molecule has 0 amide bonds. The number of benzene rings is 2. The Kier molecular flexibility index (Phi) is 5.37. The summed E-state index contributed by atoms with van der Waals surface area (Å²) in [6.45, 7) is 4.59. The fraction of sp³-hybridized carbons (Fsp3) is 0.294. The van der Waals surface area contributed by atoms with E-state index in [1.54, 1.807) is 6.07 Å². The van der Waals surface area contributed by atoms with Crippen molar-refractivity contribution in [3.05, 3.63) is 63.9 Å². The van der Waals surface area contributed by atoms with Crippen molar-refractivity contribution in [1.82, 2.24) is 0 Å². The molecule has 0 saturated carbocycles. The van der Waals surface area contributed by atoms with Crippen molar-refractivity contribution in [2.45, 2.75) is 25.9 Å². The first-order valence-corrected chi connectivity index (χ1v) is 7.73. The van der Waals surface area contributed by atoms with Crippen molar-refractivity contribution in [3.8, 4) is 0 Å². The molecule has 112 valence electrons. The highest BCUT2D eigenvalue weighted by Crippen LogP contribution is 2.24. The molecule has 0 aromatic heterocycles. The minimum atomic E-state index is -0.638.